The molecule has 1 atom stereocenters. The summed E-state index contributed by atoms with van der Waals surface area (Å²) in [6, 6.07) is 0.409. The number of carbonyl (C=O) groups excluding carboxylic acids is 1. The summed E-state index contributed by atoms with van der Waals surface area (Å²) >= 11 is 0. The fraction of sp³-hybridized carbons (Fsp3) is 0.875. The van der Waals surface area contributed by atoms with Crippen molar-refractivity contribution in [3.05, 3.63) is 5.82 Å². The Balaban J connectivity index is 1.91. The number of hydrogen-bond acceptors (Lipinski definition) is 5. The third-order valence-electron chi connectivity index (χ3n) is 5.49. The maximum Gasteiger partial charge on any atom is 0.225 e. The molecule has 7 nitrogen and oxygen atoms in total. The molecule has 7 heteroatoms. The van der Waals surface area contributed by atoms with Crippen molar-refractivity contribution in [2.24, 2.45) is 5.92 Å². The van der Waals surface area contributed by atoms with E-state index in [1.165, 1.54) is 12.8 Å². The van der Waals surface area contributed by atoms with E-state index in [4.69, 9.17) is 0 Å². The first-order valence-corrected chi connectivity index (χ1v) is 8.70. The first kappa shape index (κ1) is 16.4. The van der Waals surface area contributed by atoms with Crippen LogP contribution >= 0.6 is 0 Å². The van der Waals surface area contributed by atoms with Crippen LogP contribution in [0, 0.1) is 5.92 Å². The zero-order valence-corrected chi connectivity index (χ0v) is 14.7. The van der Waals surface area contributed by atoms with E-state index in [9.17, 15) is 4.79 Å². The standard InChI is InChI=1S/C16H28N6O/c1-12(2)14(23)21-10-9-16(11-21,20(3)4)15-17-18-19-22(15)13-7-5-6-8-13/h12-13H,5-11H2,1-4H3. The number of likely N-dealkylation sites (tertiary alicyclic amines) is 1. The third kappa shape index (κ3) is 2.75. The SMILES string of the molecule is CC(C)C(=O)N1CCC(c2nnnn2C2CCCC2)(N(C)C)C1. The van der Waals surface area contributed by atoms with E-state index in [0.29, 0.717) is 12.6 Å². The summed E-state index contributed by atoms with van der Waals surface area (Å²) in [6.45, 7) is 5.36. The van der Waals surface area contributed by atoms with Crippen LogP contribution in [0.15, 0.2) is 0 Å². The van der Waals surface area contributed by atoms with Crippen LogP contribution in [0.3, 0.4) is 0 Å². The minimum absolute atomic E-state index is 0.0267. The number of likely N-dealkylation sites (N-methyl/N-ethyl adjacent to an activating group) is 1. The minimum Gasteiger partial charge on any atom is -0.340 e. The van der Waals surface area contributed by atoms with Crippen LogP contribution in [0.25, 0.3) is 0 Å². The van der Waals surface area contributed by atoms with E-state index in [2.05, 4.69) is 34.5 Å². The molecule has 0 aromatic carbocycles. The molecule has 0 bridgehead atoms. The number of amides is 1. The Kier molecular flexibility index (Phi) is 4.40. The fourth-order valence-corrected chi connectivity index (χ4v) is 3.99. The van der Waals surface area contributed by atoms with Crippen LogP contribution in [0.1, 0.15) is 57.8 Å². The van der Waals surface area contributed by atoms with Crippen molar-refractivity contribution in [3.8, 4) is 0 Å². The van der Waals surface area contributed by atoms with E-state index < -0.39 is 0 Å². The predicted molar refractivity (Wildman–Crippen MR) is 86.7 cm³/mol. The zero-order chi connectivity index (χ0) is 16.6. The number of carbonyl (C=O) groups is 1. The normalized spacial score (nSPS) is 25.9. The van der Waals surface area contributed by atoms with Gasteiger partial charge in [-0.05, 0) is 43.8 Å². The van der Waals surface area contributed by atoms with Gasteiger partial charge >= 0.3 is 0 Å². The second-order valence-electron chi connectivity index (χ2n) is 7.48. The molecule has 1 saturated carbocycles. The molecule has 1 saturated heterocycles. The smallest absolute Gasteiger partial charge is 0.225 e. The first-order chi connectivity index (χ1) is 11.0. The van der Waals surface area contributed by atoms with Gasteiger partial charge < -0.3 is 4.90 Å². The van der Waals surface area contributed by atoms with E-state index in [1.807, 2.05) is 23.4 Å². The van der Waals surface area contributed by atoms with Crippen LogP contribution in [0.5, 0.6) is 0 Å². The molecule has 1 aromatic heterocycles. The predicted octanol–water partition coefficient (Wildman–Crippen LogP) is 1.43. The molecule has 3 rings (SSSR count). The lowest BCUT2D eigenvalue weighted by Crippen LogP contribution is -2.47. The lowest BCUT2D eigenvalue weighted by atomic mass is 9.95. The van der Waals surface area contributed by atoms with Crippen molar-refractivity contribution >= 4 is 5.91 Å². The molecular weight excluding hydrogens is 292 g/mol. The van der Waals surface area contributed by atoms with Crippen molar-refractivity contribution < 1.29 is 4.79 Å². The van der Waals surface area contributed by atoms with Crippen molar-refractivity contribution in [2.75, 3.05) is 27.2 Å². The minimum atomic E-state index is -0.281. The molecule has 0 spiro atoms. The Bertz CT molecular complexity index is 563. The number of aromatic nitrogens is 4. The Morgan fingerprint density at radius 3 is 2.61 bits per heavy atom. The van der Waals surface area contributed by atoms with Crippen LogP contribution in [-0.4, -0.2) is 63.1 Å². The van der Waals surface area contributed by atoms with E-state index in [0.717, 1.165) is 31.6 Å². The van der Waals surface area contributed by atoms with E-state index in [-0.39, 0.29) is 17.4 Å². The van der Waals surface area contributed by atoms with Gasteiger partial charge in [-0.3, -0.25) is 9.69 Å². The summed E-state index contributed by atoms with van der Waals surface area (Å²) in [7, 11) is 4.13. The van der Waals surface area contributed by atoms with E-state index >= 15 is 0 Å². The van der Waals surface area contributed by atoms with Gasteiger partial charge in [0.1, 0.15) is 5.54 Å². The molecule has 0 N–H and O–H groups in total. The molecule has 23 heavy (non-hydrogen) atoms. The average molecular weight is 320 g/mol. The Morgan fingerprint density at radius 1 is 1.30 bits per heavy atom. The van der Waals surface area contributed by atoms with Crippen molar-refractivity contribution in [3.63, 3.8) is 0 Å². The van der Waals surface area contributed by atoms with Crippen molar-refractivity contribution in [1.82, 2.24) is 30.0 Å². The second-order valence-corrected chi connectivity index (χ2v) is 7.48. The van der Waals surface area contributed by atoms with Gasteiger partial charge in [-0.15, -0.1) is 5.10 Å². The van der Waals surface area contributed by atoms with E-state index in [1.54, 1.807) is 0 Å². The van der Waals surface area contributed by atoms with Gasteiger partial charge in [0.2, 0.25) is 5.91 Å². The monoisotopic (exact) mass is 320 g/mol. The molecule has 1 aromatic rings. The summed E-state index contributed by atoms with van der Waals surface area (Å²) in [6.07, 6.45) is 5.67. The number of hydrogen-bond donors (Lipinski definition) is 0. The number of tetrazole rings is 1. The van der Waals surface area contributed by atoms with Crippen molar-refractivity contribution in [2.45, 2.75) is 57.5 Å². The summed E-state index contributed by atoms with van der Waals surface area (Å²) < 4.78 is 2.04. The highest BCUT2D eigenvalue weighted by molar-refractivity contribution is 5.78. The Labute approximate surface area is 138 Å². The number of rotatable bonds is 4. The second kappa shape index (κ2) is 6.19. The van der Waals surface area contributed by atoms with Gasteiger partial charge in [-0.1, -0.05) is 26.7 Å². The van der Waals surface area contributed by atoms with Gasteiger partial charge in [-0.25, -0.2) is 4.68 Å². The van der Waals surface area contributed by atoms with Crippen LogP contribution in [-0.2, 0) is 10.3 Å². The lowest BCUT2D eigenvalue weighted by Gasteiger charge is -2.35. The number of nitrogens with zero attached hydrogens (tertiary/aromatic N) is 6. The van der Waals surface area contributed by atoms with Crippen molar-refractivity contribution in [1.29, 1.82) is 0 Å². The Morgan fingerprint density at radius 2 is 2.00 bits per heavy atom. The van der Waals surface area contributed by atoms with Gasteiger partial charge in [-0.2, -0.15) is 0 Å². The Hall–Kier alpha value is -1.50. The summed E-state index contributed by atoms with van der Waals surface area (Å²) in [5, 5.41) is 12.7. The fourth-order valence-electron chi connectivity index (χ4n) is 3.99. The van der Waals surface area contributed by atoms with Gasteiger partial charge in [0.15, 0.2) is 5.82 Å². The zero-order valence-electron chi connectivity index (χ0n) is 14.7. The topological polar surface area (TPSA) is 67.2 Å². The van der Waals surface area contributed by atoms with Crippen LogP contribution < -0.4 is 0 Å². The quantitative estimate of drug-likeness (QED) is 0.839. The summed E-state index contributed by atoms with van der Waals surface area (Å²) in [4.78, 5) is 16.6. The molecular formula is C16H28N6O. The summed E-state index contributed by atoms with van der Waals surface area (Å²) in [5.74, 6) is 1.17. The highest BCUT2D eigenvalue weighted by atomic mass is 16.2. The highest BCUT2D eigenvalue weighted by Gasteiger charge is 2.48. The van der Waals surface area contributed by atoms with Gasteiger partial charge in [0, 0.05) is 19.0 Å². The molecule has 0 radical (unpaired) electrons. The molecule has 1 aliphatic carbocycles. The van der Waals surface area contributed by atoms with Gasteiger partial charge in [0.25, 0.3) is 0 Å². The maximum atomic E-state index is 12.4. The molecule has 1 unspecified atom stereocenters. The molecule has 1 amide bonds. The molecule has 1 aliphatic heterocycles. The summed E-state index contributed by atoms with van der Waals surface area (Å²) in [5.41, 5.74) is -0.281. The average Bonchev–Trinajstić information content (AvgIpc) is 3.24. The largest absolute Gasteiger partial charge is 0.340 e. The molecule has 2 fully saturated rings. The molecule has 128 valence electrons. The maximum absolute atomic E-state index is 12.4. The first-order valence-electron chi connectivity index (χ1n) is 8.70. The van der Waals surface area contributed by atoms with Crippen LogP contribution in [0.4, 0.5) is 0 Å². The lowest BCUT2D eigenvalue weighted by molar-refractivity contribution is -0.133. The van der Waals surface area contributed by atoms with Crippen LogP contribution in [0.2, 0.25) is 0 Å². The molecule has 2 aliphatic rings. The third-order valence-corrected chi connectivity index (χ3v) is 5.49. The highest BCUT2D eigenvalue weighted by Crippen LogP contribution is 2.38. The van der Waals surface area contributed by atoms with Gasteiger partial charge in [0.05, 0.1) is 6.04 Å². The molecule has 2 heterocycles.